The van der Waals surface area contributed by atoms with Crippen LogP contribution in [0.25, 0.3) is 0 Å². The van der Waals surface area contributed by atoms with Crippen LogP contribution in [0.1, 0.15) is 11.1 Å². The van der Waals surface area contributed by atoms with Crippen molar-refractivity contribution in [2.75, 3.05) is 13.2 Å². The number of halogens is 2. The monoisotopic (exact) mass is 337 g/mol. The Labute approximate surface area is 127 Å². The lowest BCUT2D eigenvalue weighted by atomic mass is 10.1. The summed E-state index contributed by atoms with van der Waals surface area (Å²) >= 11 is 3.38. The molecule has 0 aliphatic rings. The molecular formula is C16H17BrFNO. The van der Waals surface area contributed by atoms with Crippen LogP contribution < -0.4 is 0 Å². The van der Waals surface area contributed by atoms with Gasteiger partial charge in [-0.25, -0.2) is 4.39 Å². The van der Waals surface area contributed by atoms with Crippen LogP contribution in [-0.2, 0) is 13.1 Å². The third-order valence-corrected chi connectivity index (χ3v) is 3.81. The van der Waals surface area contributed by atoms with E-state index in [1.807, 2.05) is 18.2 Å². The van der Waals surface area contributed by atoms with E-state index in [4.69, 9.17) is 0 Å². The summed E-state index contributed by atoms with van der Waals surface area (Å²) in [5.41, 5.74) is 2.20. The minimum atomic E-state index is -0.252. The Morgan fingerprint density at radius 2 is 1.80 bits per heavy atom. The minimum Gasteiger partial charge on any atom is -0.395 e. The van der Waals surface area contributed by atoms with E-state index in [2.05, 4.69) is 33.0 Å². The van der Waals surface area contributed by atoms with E-state index in [9.17, 15) is 9.50 Å². The van der Waals surface area contributed by atoms with Crippen LogP contribution in [0.2, 0.25) is 0 Å². The fraction of sp³-hybridized carbons (Fsp3) is 0.250. The Hall–Kier alpha value is -1.23. The van der Waals surface area contributed by atoms with Crippen molar-refractivity contribution in [3.63, 3.8) is 0 Å². The molecule has 0 amide bonds. The molecule has 20 heavy (non-hydrogen) atoms. The van der Waals surface area contributed by atoms with Gasteiger partial charge in [-0.15, -0.1) is 0 Å². The molecule has 0 saturated carbocycles. The maximum absolute atomic E-state index is 13.1. The number of nitrogens with zero attached hydrogens (tertiary/aromatic N) is 1. The summed E-state index contributed by atoms with van der Waals surface area (Å²) < 4.78 is 13.9. The summed E-state index contributed by atoms with van der Waals surface area (Å²) in [6.07, 6.45) is 0. The zero-order valence-electron chi connectivity index (χ0n) is 11.1. The van der Waals surface area contributed by atoms with Crippen molar-refractivity contribution in [1.82, 2.24) is 4.90 Å². The molecule has 106 valence electrons. The Morgan fingerprint density at radius 1 is 1.05 bits per heavy atom. The van der Waals surface area contributed by atoms with Gasteiger partial charge in [0.15, 0.2) is 0 Å². The van der Waals surface area contributed by atoms with Crippen molar-refractivity contribution in [2.45, 2.75) is 13.1 Å². The van der Waals surface area contributed by atoms with E-state index in [0.29, 0.717) is 13.1 Å². The second kappa shape index (κ2) is 7.53. The van der Waals surface area contributed by atoms with Gasteiger partial charge in [-0.3, -0.25) is 4.90 Å². The first-order chi connectivity index (χ1) is 9.69. The van der Waals surface area contributed by atoms with E-state index in [0.717, 1.165) is 16.6 Å². The van der Waals surface area contributed by atoms with Gasteiger partial charge < -0.3 is 5.11 Å². The van der Waals surface area contributed by atoms with Gasteiger partial charge in [0.25, 0.3) is 0 Å². The molecule has 0 radical (unpaired) electrons. The van der Waals surface area contributed by atoms with Crippen LogP contribution >= 0.6 is 15.9 Å². The summed E-state index contributed by atoms with van der Waals surface area (Å²) in [6.45, 7) is 2.10. The quantitative estimate of drug-likeness (QED) is 0.870. The highest BCUT2D eigenvalue weighted by Crippen LogP contribution is 2.20. The average Bonchev–Trinajstić information content (AvgIpc) is 2.43. The molecule has 0 saturated heterocycles. The lowest BCUT2D eigenvalue weighted by molar-refractivity contribution is 0.184. The first-order valence-electron chi connectivity index (χ1n) is 6.50. The number of benzene rings is 2. The van der Waals surface area contributed by atoms with Gasteiger partial charge >= 0.3 is 0 Å². The zero-order chi connectivity index (χ0) is 14.4. The molecule has 0 aromatic heterocycles. The van der Waals surface area contributed by atoms with Crippen molar-refractivity contribution >= 4 is 15.9 Å². The maximum atomic E-state index is 13.1. The van der Waals surface area contributed by atoms with Gasteiger partial charge in [-0.05, 0) is 23.3 Å². The highest BCUT2D eigenvalue weighted by atomic mass is 79.9. The Bertz CT molecular complexity index is 547. The van der Waals surface area contributed by atoms with Crippen LogP contribution in [0.4, 0.5) is 4.39 Å². The third-order valence-electron chi connectivity index (χ3n) is 3.07. The van der Waals surface area contributed by atoms with E-state index in [1.165, 1.54) is 17.7 Å². The van der Waals surface area contributed by atoms with E-state index >= 15 is 0 Å². The Morgan fingerprint density at radius 3 is 2.45 bits per heavy atom. The molecule has 0 atom stereocenters. The van der Waals surface area contributed by atoms with Crippen molar-refractivity contribution in [3.05, 3.63) is 69.9 Å². The molecule has 1 N–H and O–H groups in total. The molecular weight excluding hydrogens is 321 g/mol. The standard InChI is InChI=1S/C16H17BrFNO/c17-16-10-15(18)7-6-14(16)12-19(8-9-20)11-13-4-2-1-3-5-13/h1-7,10,20H,8-9,11-12H2. The van der Waals surface area contributed by atoms with E-state index in [-0.39, 0.29) is 12.4 Å². The second-order valence-corrected chi connectivity index (χ2v) is 5.51. The van der Waals surface area contributed by atoms with Crippen molar-refractivity contribution in [3.8, 4) is 0 Å². The first-order valence-corrected chi connectivity index (χ1v) is 7.29. The normalized spacial score (nSPS) is 11.0. The highest BCUT2D eigenvalue weighted by Gasteiger charge is 2.09. The number of rotatable bonds is 6. The molecule has 0 unspecified atom stereocenters. The van der Waals surface area contributed by atoms with Gasteiger partial charge in [0.05, 0.1) is 6.61 Å². The maximum Gasteiger partial charge on any atom is 0.124 e. The first kappa shape index (κ1) is 15.2. The number of aliphatic hydroxyl groups excluding tert-OH is 1. The molecule has 0 bridgehead atoms. The number of aliphatic hydroxyl groups is 1. The molecule has 0 fully saturated rings. The van der Waals surface area contributed by atoms with Crippen molar-refractivity contribution in [2.24, 2.45) is 0 Å². The van der Waals surface area contributed by atoms with Crippen LogP contribution in [-0.4, -0.2) is 23.2 Å². The SMILES string of the molecule is OCCN(Cc1ccccc1)Cc1ccc(F)cc1Br. The third kappa shape index (κ3) is 4.40. The van der Waals surface area contributed by atoms with Crippen LogP contribution in [0.5, 0.6) is 0 Å². The van der Waals surface area contributed by atoms with Gasteiger partial charge in [0, 0.05) is 24.1 Å². The van der Waals surface area contributed by atoms with Gasteiger partial charge in [-0.1, -0.05) is 52.3 Å². The molecule has 0 aliphatic heterocycles. The van der Waals surface area contributed by atoms with E-state index < -0.39 is 0 Å². The summed E-state index contributed by atoms with van der Waals surface area (Å²) in [5.74, 6) is -0.252. The molecule has 2 aromatic rings. The zero-order valence-corrected chi connectivity index (χ0v) is 12.7. The fourth-order valence-electron chi connectivity index (χ4n) is 2.09. The summed E-state index contributed by atoms with van der Waals surface area (Å²) in [5, 5.41) is 9.19. The minimum absolute atomic E-state index is 0.103. The highest BCUT2D eigenvalue weighted by molar-refractivity contribution is 9.10. The van der Waals surface area contributed by atoms with Crippen molar-refractivity contribution < 1.29 is 9.50 Å². The van der Waals surface area contributed by atoms with Gasteiger partial charge in [-0.2, -0.15) is 0 Å². The van der Waals surface area contributed by atoms with Crippen LogP contribution in [0.15, 0.2) is 53.0 Å². The lowest BCUT2D eigenvalue weighted by Crippen LogP contribution is -2.26. The van der Waals surface area contributed by atoms with Crippen molar-refractivity contribution in [1.29, 1.82) is 0 Å². The summed E-state index contributed by atoms with van der Waals surface area (Å²) in [6, 6.07) is 14.8. The van der Waals surface area contributed by atoms with Crippen LogP contribution in [0.3, 0.4) is 0 Å². The number of hydrogen-bond donors (Lipinski definition) is 1. The summed E-state index contributed by atoms with van der Waals surface area (Å²) in [4.78, 5) is 2.13. The molecule has 2 nitrogen and oxygen atoms in total. The van der Waals surface area contributed by atoms with Gasteiger partial charge in [0.1, 0.15) is 5.82 Å². The Kier molecular flexibility index (Phi) is 5.71. The average molecular weight is 338 g/mol. The van der Waals surface area contributed by atoms with E-state index in [1.54, 1.807) is 6.07 Å². The molecule has 0 aliphatic carbocycles. The van der Waals surface area contributed by atoms with Gasteiger partial charge in [0.2, 0.25) is 0 Å². The molecule has 2 aromatic carbocycles. The number of hydrogen-bond acceptors (Lipinski definition) is 2. The second-order valence-electron chi connectivity index (χ2n) is 4.66. The Balaban J connectivity index is 2.09. The molecule has 4 heteroatoms. The van der Waals surface area contributed by atoms with Crippen LogP contribution in [0, 0.1) is 5.82 Å². The molecule has 0 spiro atoms. The molecule has 2 rings (SSSR count). The largest absolute Gasteiger partial charge is 0.395 e. The smallest absolute Gasteiger partial charge is 0.124 e. The predicted molar refractivity (Wildman–Crippen MR) is 81.7 cm³/mol. The fourth-order valence-corrected chi connectivity index (χ4v) is 2.56. The lowest BCUT2D eigenvalue weighted by Gasteiger charge is -2.22. The molecule has 0 heterocycles. The predicted octanol–water partition coefficient (Wildman–Crippen LogP) is 3.58. The summed E-state index contributed by atoms with van der Waals surface area (Å²) in [7, 11) is 0. The topological polar surface area (TPSA) is 23.5 Å².